The first-order valence-electron chi connectivity index (χ1n) is 12.4. The predicted molar refractivity (Wildman–Crippen MR) is 123 cm³/mol. The molecule has 2 saturated heterocycles. The molecule has 10 heteroatoms. The van der Waals surface area contributed by atoms with Crippen molar-refractivity contribution in [2.45, 2.75) is 69.8 Å². The lowest BCUT2D eigenvalue weighted by atomic mass is 9.95. The molecule has 1 aliphatic carbocycles. The van der Waals surface area contributed by atoms with Crippen LogP contribution in [0.15, 0.2) is 24.3 Å². The minimum absolute atomic E-state index is 0.0984. The number of rotatable bonds is 6. The molecule has 2 aliphatic heterocycles. The van der Waals surface area contributed by atoms with E-state index >= 15 is 0 Å². The van der Waals surface area contributed by atoms with Gasteiger partial charge in [0.25, 0.3) is 5.91 Å². The van der Waals surface area contributed by atoms with Crippen LogP contribution in [0.3, 0.4) is 0 Å². The highest BCUT2D eigenvalue weighted by Gasteiger charge is 2.40. The van der Waals surface area contributed by atoms with Gasteiger partial charge >= 0.3 is 6.36 Å². The Balaban J connectivity index is 1.44. The monoisotopic (exact) mass is 492 g/mol. The fourth-order valence-corrected chi connectivity index (χ4v) is 5.60. The van der Waals surface area contributed by atoms with E-state index < -0.39 is 6.36 Å². The summed E-state index contributed by atoms with van der Waals surface area (Å²) >= 11 is 0. The van der Waals surface area contributed by atoms with Gasteiger partial charge in [0.2, 0.25) is 0 Å². The van der Waals surface area contributed by atoms with E-state index in [1.807, 2.05) is 0 Å². The molecule has 0 bridgehead atoms. The Bertz CT molecular complexity index is 1080. The second-order valence-electron chi connectivity index (χ2n) is 9.83. The fourth-order valence-electron chi connectivity index (χ4n) is 5.60. The third-order valence-corrected chi connectivity index (χ3v) is 7.39. The number of aliphatic hydroxyl groups is 1. The zero-order valence-corrected chi connectivity index (χ0v) is 19.8. The van der Waals surface area contributed by atoms with E-state index in [-0.39, 0.29) is 30.2 Å². The molecule has 0 unspecified atom stereocenters. The van der Waals surface area contributed by atoms with Crippen LogP contribution in [-0.4, -0.2) is 75.3 Å². The van der Waals surface area contributed by atoms with Crippen LogP contribution in [0, 0.1) is 6.92 Å². The van der Waals surface area contributed by atoms with Crippen LogP contribution in [-0.2, 0) is 0 Å². The number of benzene rings is 1. The summed E-state index contributed by atoms with van der Waals surface area (Å²) in [4.78, 5) is 18.1. The average molecular weight is 493 g/mol. The first-order chi connectivity index (χ1) is 16.7. The Morgan fingerprint density at radius 1 is 1.17 bits per heavy atom. The van der Waals surface area contributed by atoms with Crippen molar-refractivity contribution < 1.29 is 27.8 Å². The first-order valence-corrected chi connectivity index (χ1v) is 12.4. The lowest BCUT2D eigenvalue weighted by molar-refractivity contribution is -0.274. The number of halogens is 3. The van der Waals surface area contributed by atoms with Gasteiger partial charge < -0.3 is 19.6 Å². The topological polar surface area (TPSA) is 70.8 Å². The van der Waals surface area contributed by atoms with Crippen LogP contribution in [0.4, 0.5) is 13.2 Å². The Morgan fingerprint density at radius 2 is 1.91 bits per heavy atom. The molecule has 1 saturated carbocycles. The fraction of sp³-hybridized carbons (Fsp3) is 0.600. The van der Waals surface area contributed by atoms with Crippen LogP contribution in [0.2, 0.25) is 0 Å². The normalized spacial score (nSPS) is 23.6. The number of aryl methyl sites for hydroxylation is 1. The lowest BCUT2D eigenvalue weighted by Gasteiger charge is -2.42. The number of aromatic nitrogens is 2. The van der Waals surface area contributed by atoms with Gasteiger partial charge in [0.15, 0.2) is 0 Å². The third kappa shape index (κ3) is 5.04. The van der Waals surface area contributed by atoms with Crippen LogP contribution in [0.1, 0.15) is 66.2 Å². The number of carbonyl (C=O) groups excluding carboxylic acids is 1. The molecule has 1 amide bonds. The van der Waals surface area contributed by atoms with Crippen molar-refractivity contribution in [2.24, 2.45) is 0 Å². The van der Waals surface area contributed by atoms with Gasteiger partial charge in [-0.1, -0.05) is 6.07 Å². The highest BCUT2D eigenvalue weighted by atomic mass is 19.4. The summed E-state index contributed by atoms with van der Waals surface area (Å²) < 4.78 is 43.9. The zero-order chi connectivity index (χ0) is 24.7. The Hall–Kier alpha value is -2.59. The van der Waals surface area contributed by atoms with E-state index in [1.54, 1.807) is 22.6 Å². The number of likely N-dealkylation sites (tertiary alicyclic amines) is 2. The van der Waals surface area contributed by atoms with Gasteiger partial charge in [-0.25, -0.2) is 4.68 Å². The van der Waals surface area contributed by atoms with Crippen LogP contribution in [0.25, 0.3) is 5.69 Å². The van der Waals surface area contributed by atoms with E-state index in [4.69, 9.17) is 0 Å². The number of aliphatic hydroxyl groups excluding tert-OH is 1. The quantitative estimate of drug-likeness (QED) is 0.660. The summed E-state index contributed by atoms with van der Waals surface area (Å²) in [6.07, 6.45) is 0.993. The van der Waals surface area contributed by atoms with Crippen LogP contribution in [0.5, 0.6) is 5.75 Å². The molecule has 2 aromatic rings. The second kappa shape index (κ2) is 9.46. The average Bonchev–Trinajstić information content (AvgIpc) is 3.38. The van der Waals surface area contributed by atoms with Crippen molar-refractivity contribution in [3.8, 4) is 11.4 Å². The highest BCUT2D eigenvalue weighted by Crippen LogP contribution is 2.44. The molecule has 1 aromatic heterocycles. The molecule has 3 aliphatic rings. The molecule has 3 fully saturated rings. The maximum Gasteiger partial charge on any atom is 0.573 e. The molecule has 1 N–H and O–H groups in total. The summed E-state index contributed by atoms with van der Waals surface area (Å²) in [7, 11) is 0. The number of ether oxygens (including phenoxy) is 1. The molecular weight excluding hydrogens is 461 g/mol. The molecule has 2 atom stereocenters. The van der Waals surface area contributed by atoms with Crippen molar-refractivity contribution in [1.29, 1.82) is 0 Å². The van der Waals surface area contributed by atoms with E-state index in [0.717, 1.165) is 44.5 Å². The maximum absolute atomic E-state index is 13.8. The Morgan fingerprint density at radius 3 is 2.57 bits per heavy atom. The largest absolute Gasteiger partial charge is 0.573 e. The number of hydrogen-bond donors (Lipinski definition) is 1. The number of piperidine rings is 1. The van der Waals surface area contributed by atoms with Gasteiger partial charge in [-0.3, -0.25) is 4.79 Å². The smallest absolute Gasteiger partial charge is 0.406 e. The maximum atomic E-state index is 13.8. The molecule has 1 aromatic carbocycles. The first kappa shape index (κ1) is 24.1. The number of alkyl halides is 3. The van der Waals surface area contributed by atoms with Gasteiger partial charge in [0.05, 0.1) is 35.3 Å². The summed E-state index contributed by atoms with van der Waals surface area (Å²) in [6.45, 7) is 4.38. The van der Waals surface area contributed by atoms with Gasteiger partial charge in [0, 0.05) is 24.6 Å². The van der Waals surface area contributed by atoms with Gasteiger partial charge in [0.1, 0.15) is 5.75 Å². The molecule has 0 radical (unpaired) electrons. The Labute approximate surface area is 202 Å². The number of amides is 1. The van der Waals surface area contributed by atoms with Gasteiger partial charge in [-0.05, 0) is 70.7 Å². The number of hydrogen-bond acceptors (Lipinski definition) is 5. The second-order valence-corrected chi connectivity index (χ2v) is 9.83. The summed E-state index contributed by atoms with van der Waals surface area (Å²) in [5, 5.41) is 14.7. The van der Waals surface area contributed by atoms with Crippen molar-refractivity contribution in [1.82, 2.24) is 19.6 Å². The highest BCUT2D eigenvalue weighted by molar-refractivity contribution is 5.97. The van der Waals surface area contributed by atoms with E-state index in [2.05, 4.69) is 14.7 Å². The zero-order valence-electron chi connectivity index (χ0n) is 19.8. The van der Waals surface area contributed by atoms with Gasteiger partial charge in [-0.2, -0.15) is 5.10 Å². The summed E-state index contributed by atoms with van der Waals surface area (Å²) in [6, 6.07) is 5.79. The van der Waals surface area contributed by atoms with Gasteiger partial charge in [-0.15, -0.1) is 13.2 Å². The van der Waals surface area contributed by atoms with Crippen molar-refractivity contribution in [2.75, 3.05) is 26.2 Å². The minimum atomic E-state index is -4.79. The Kier molecular flexibility index (Phi) is 6.52. The van der Waals surface area contributed by atoms with Crippen molar-refractivity contribution >= 4 is 5.91 Å². The molecule has 7 nitrogen and oxygen atoms in total. The predicted octanol–water partition coefficient (Wildman–Crippen LogP) is 4.02. The molecule has 3 heterocycles. The number of nitrogens with zero attached hydrogens (tertiary/aromatic N) is 4. The van der Waals surface area contributed by atoms with Crippen molar-refractivity contribution in [3.05, 3.63) is 41.2 Å². The third-order valence-electron chi connectivity index (χ3n) is 7.39. The SMILES string of the molecule is Cc1nn(-c2cccc(OC(F)(F)F)c2)c(C2CC2)c1C(=O)N1CC[C@@H](N2CCCC2)C[C@@H]1CO. The summed E-state index contributed by atoms with van der Waals surface area (Å²) in [5.41, 5.74) is 2.20. The molecule has 5 rings (SSSR count). The summed E-state index contributed by atoms with van der Waals surface area (Å²) in [5.74, 6) is -0.364. The molecular formula is C25H31F3N4O3. The molecule has 35 heavy (non-hydrogen) atoms. The number of carbonyl (C=O) groups is 1. The standard InChI is InChI=1S/C25H31F3N4O3/c1-16-22(24(34)31-12-9-18(13-20(31)15-33)30-10-2-3-11-30)23(17-7-8-17)32(29-16)19-5-4-6-21(14-19)35-25(26,27)28/h4-6,14,17-18,20,33H,2-3,7-13,15H2,1H3/t18-,20-/m1/s1. The molecule has 190 valence electrons. The lowest BCUT2D eigenvalue weighted by Crippen LogP contribution is -2.53. The van der Waals surface area contributed by atoms with Crippen LogP contribution >= 0.6 is 0 Å². The van der Waals surface area contributed by atoms with E-state index in [0.29, 0.717) is 29.5 Å². The minimum Gasteiger partial charge on any atom is -0.406 e. The van der Waals surface area contributed by atoms with Crippen molar-refractivity contribution in [3.63, 3.8) is 0 Å². The van der Waals surface area contributed by atoms with Crippen LogP contribution < -0.4 is 4.74 Å². The van der Waals surface area contributed by atoms with E-state index in [1.165, 1.54) is 31.0 Å². The van der Waals surface area contributed by atoms with E-state index in [9.17, 15) is 23.1 Å². The molecule has 0 spiro atoms.